The molecule has 3 nitrogen and oxygen atoms in total. The third-order valence-electron chi connectivity index (χ3n) is 7.40. The van der Waals surface area contributed by atoms with Crippen LogP contribution in [0.15, 0.2) is 48.5 Å². The predicted molar refractivity (Wildman–Crippen MR) is 165 cm³/mol. The Morgan fingerprint density at radius 1 is 0.658 bits per heavy atom. The van der Waals surface area contributed by atoms with Crippen LogP contribution in [0.2, 0.25) is 0 Å². The van der Waals surface area contributed by atoms with Crippen LogP contribution in [0.25, 0.3) is 11.1 Å². The fourth-order valence-electron chi connectivity index (χ4n) is 4.56. The molecule has 0 fully saturated rings. The van der Waals surface area contributed by atoms with Gasteiger partial charge < -0.3 is 9.47 Å². The molecular formula is C34H51BrO3. The van der Waals surface area contributed by atoms with Gasteiger partial charge in [0.25, 0.3) is 0 Å². The lowest BCUT2D eigenvalue weighted by Crippen LogP contribution is -2.26. The molecule has 212 valence electrons. The second kappa shape index (κ2) is 20.1. The number of alkyl halides is 1. The molecular weight excluding hydrogens is 536 g/mol. The molecule has 2 rings (SSSR count). The maximum absolute atomic E-state index is 12.3. The Hall–Kier alpha value is -1.81. The summed E-state index contributed by atoms with van der Waals surface area (Å²) in [6.07, 6.45) is 20.1. The van der Waals surface area contributed by atoms with Gasteiger partial charge >= 0.3 is 5.97 Å². The van der Waals surface area contributed by atoms with Crippen molar-refractivity contribution >= 4 is 21.9 Å². The van der Waals surface area contributed by atoms with Gasteiger partial charge in [-0.1, -0.05) is 151 Å². The van der Waals surface area contributed by atoms with Crippen molar-refractivity contribution in [2.24, 2.45) is 5.92 Å². The fourth-order valence-corrected chi connectivity index (χ4v) is 5.02. The maximum Gasteiger partial charge on any atom is 0.325 e. The molecule has 0 bridgehead atoms. The van der Waals surface area contributed by atoms with Gasteiger partial charge in [-0.2, -0.15) is 0 Å². The summed E-state index contributed by atoms with van der Waals surface area (Å²) in [6.45, 7) is 7.17. The molecule has 2 atom stereocenters. The summed E-state index contributed by atoms with van der Waals surface area (Å²) in [5, 5.41) is 0. The molecule has 0 spiro atoms. The Balaban J connectivity index is 1.55. The van der Waals surface area contributed by atoms with E-state index in [1.165, 1.54) is 83.5 Å². The summed E-state index contributed by atoms with van der Waals surface area (Å²) in [7, 11) is 0. The van der Waals surface area contributed by atoms with Crippen LogP contribution in [-0.4, -0.2) is 17.4 Å². The molecule has 0 saturated heterocycles. The molecule has 0 saturated carbocycles. The van der Waals surface area contributed by atoms with E-state index >= 15 is 0 Å². The van der Waals surface area contributed by atoms with Crippen molar-refractivity contribution in [3.05, 3.63) is 48.5 Å². The SMILES string of the molecule is CCCCCCCCCCCCCCCCOc1ccc(-c2ccc(OC(=O)C(Br)C(C)CC)cc2)cc1. The van der Waals surface area contributed by atoms with Crippen molar-refractivity contribution in [1.82, 2.24) is 0 Å². The highest BCUT2D eigenvalue weighted by Crippen LogP contribution is 2.26. The second-order valence-corrected chi connectivity index (χ2v) is 11.7. The molecule has 0 aliphatic rings. The Kier molecular flexibility index (Phi) is 17.2. The first-order chi connectivity index (χ1) is 18.5. The van der Waals surface area contributed by atoms with E-state index in [4.69, 9.17) is 9.47 Å². The van der Waals surface area contributed by atoms with E-state index in [1.54, 1.807) is 0 Å². The molecule has 38 heavy (non-hydrogen) atoms. The average molecular weight is 588 g/mol. The summed E-state index contributed by atoms with van der Waals surface area (Å²) in [5.41, 5.74) is 2.20. The lowest BCUT2D eigenvalue weighted by Gasteiger charge is -2.15. The summed E-state index contributed by atoms with van der Waals surface area (Å²) < 4.78 is 11.5. The molecule has 0 heterocycles. The van der Waals surface area contributed by atoms with Crippen molar-refractivity contribution in [1.29, 1.82) is 0 Å². The van der Waals surface area contributed by atoms with Gasteiger partial charge in [-0.25, -0.2) is 0 Å². The lowest BCUT2D eigenvalue weighted by molar-refractivity contribution is -0.134. The third kappa shape index (κ3) is 13.3. The van der Waals surface area contributed by atoms with E-state index in [0.29, 0.717) is 5.75 Å². The highest BCUT2D eigenvalue weighted by molar-refractivity contribution is 9.10. The average Bonchev–Trinajstić information content (AvgIpc) is 2.95. The topological polar surface area (TPSA) is 35.5 Å². The number of carbonyl (C=O) groups excluding carboxylic acids is 1. The number of esters is 1. The zero-order valence-corrected chi connectivity index (χ0v) is 25.8. The Morgan fingerprint density at radius 3 is 1.53 bits per heavy atom. The van der Waals surface area contributed by atoms with Crippen LogP contribution in [0.4, 0.5) is 0 Å². The van der Waals surface area contributed by atoms with Gasteiger partial charge in [0.15, 0.2) is 0 Å². The summed E-state index contributed by atoms with van der Waals surface area (Å²) in [6, 6.07) is 15.9. The number of unbranched alkanes of at least 4 members (excludes halogenated alkanes) is 13. The normalized spacial score (nSPS) is 12.7. The van der Waals surface area contributed by atoms with E-state index in [-0.39, 0.29) is 16.7 Å². The highest BCUT2D eigenvalue weighted by atomic mass is 79.9. The molecule has 0 aromatic heterocycles. The van der Waals surface area contributed by atoms with E-state index in [9.17, 15) is 4.79 Å². The van der Waals surface area contributed by atoms with Crippen LogP contribution in [0, 0.1) is 5.92 Å². The number of carbonyl (C=O) groups is 1. The first-order valence-electron chi connectivity index (χ1n) is 15.2. The Labute approximate surface area is 241 Å². The molecule has 4 heteroatoms. The van der Waals surface area contributed by atoms with Gasteiger partial charge in [-0.05, 0) is 47.7 Å². The highest BCUT2D eigenvalue weighted by Gasteiger charge is 2.22. The molecule has 2 unspecified atom stereocenters. The lowest BCUT2D eigenvalue weighted by atomic mass is 10.0. The Morgan fingerprint density at radius 2 is 1.08 bits per heavy atom. The van der Waals surface area contributed by atoms with Crippen molar-refractivity contribution < 1.29 is 14.3 Å². The van der Waals surface area contributed by atoms with Crippen molar-refractivity contribution in [2.75, 3.05) is 6.61 Å². The monoisotopic (exact) mass is 586 g/mol. The predicted octanol–water partition coefficient (Wildman–Crippen LogP) is 10.9. The molecule has 0 aliphatic carbocycles. The van der Waals surface area contributed by atoms with Crippen LogP contribution >= 0.6 is 15.9 Å². The zero-order valence-electron chi connectivity index (χ0n) is 24.2. The van der Waals surface area contributed by atoms with E-state index in [0.717, 1.165) is 36.3 Å². The van der Waals surface area contributed by atoms with E-state index in [2.05, 4.69) is 41.9 Å². The summed E-state index contributed by atoms with van der Waals surface area (Å²) >= 11 is 3.45. The van der Waals surface area contributed by atoms with Crippen LogP contribution in [0.3, 0.4) is 0 Å². The number of rotatable bonds is 21. The van der Waals surface area contributed by atoms with Crippen LogP contribution in [-0.2, 0) is 4.79 Å². The maximum atomic E-state index is 12.3. The van der Waals surface area contributed by atoms with Gasteiger partial charge in [0, 0.05) is 0 Å². The van der Waals surface area contributed by atoms with Crippen molar-refractivity contribution in [3.63, 3.8) is 0 Å². The number of hydrogen-bond donors (Lipinski definition) is 0. The molecule has 0 N–H and O–H groups in total. The third-order valence-corrected chi connectivity index (χ3v) is 8.67. The number of ether oxygens (including phenoxy) is 2. The molecule has 0 radical (unpaired) electrons. The minimum atomic E-state index is -0.288. The smallest absolute Gasteiger partial charge is 0.325 e. The van der Waals surface area contributed by atoms with Crippen LogP contribution in [0.5, 0.6) is 11.5 Å². The van der Waals surface area contributed by atoms with Crippen molar-refractivity contribution in [3.8, 4) is 22.6 Å². The minimum Gasteiger partial charge on any atom is -0.494 e. The van der Waals surface area contributed by atoms with Crippen LogP contribution in [0.1, 0.15) is 117 Å². The van der Waals surface area contributed by atoms with Gasteiger partial charge in [-0.3, -0.25) is 4.79 Å². The standard InChI is InChI=1S/C34H51BrO3/c1-4-6-7-8-9-10-11-12-13-14-15-16-17-18-27-37-31-23-19-29(20-24-31)30-21-25-32(26-22-30)38-34(36)33(35)28(3)5-2/h19-26,28,33H,4-18,27H2,1-3H3. The van der Waals surface area contributed by atoms with Crippen molar-refractivity contribution in [2.45, 2.75) is 122 Å². The second-order valence-electron chi connectivity index (χ2n) is 10.7. The number of benzene rings is 2. The first kappa shape index (κ1) is 32.4. The number of hydrogen-bond acceptors (Lipinski definition) is 3. The largest absolute Gasteiger partial charge is 0.494 e. The van der Waals surface area contributed by atoms with Crippen LogP contribution < -0.4 is 9.47 Å². The zero-order chi connectivity index (χ0) is 27.4. The summed E-state index contributed by atoms with van der Waals surface area (Å²) in [4.78, 5) is 12.0. The fraction of sp³-hybridized carbons (Fsp3) is 0.618. The Bertz CT molecular complexity index is 862. The van der Waals surface area contributed by atoms with E-state index < -0.39 is 0 Å². The molecule has 0 aliphatic heterocycles. The van der Waals surface area contributed by atoms with Gasteiger partial charge in [-0.15, -0.1) is 0 Å². The minimum absolute atomic E-state index is 0.233. The first-order valence-corrected chi connectivity index (χ1v) is 16.2. The quantitative estimate of drug-likeness (QED) is 0.0631. The molecule has 2 aromatic carbocycles. The molecule has 2 aromatic rings. The van der Waals surface area contributed by atoms with Gasteiger partial charge in [0.2, 0.25) is 0 Å². The van der Waals surface area contributed by atoms with Gasteiger partial charge in [0.05, 0.1) is 6.61 Å². The molecule has 0 amide bonds. The number of halogens is 1. The van der Waals surface area contributed by atoms with E-state index in [1.807, 2.05) is 43.3 Å². The summed E-state index contributed by atoms with van der Waals surface area (Å²) in [5.74, 6) is 1.48. The van der Waals surface area contributed by atoms with Gasteiger partial charge in [0.1, 0.15) is 16.3 Å².